The van der Waals surface area contributed by atoms with Crippen LogP contribution >= 0.6 is 24.8 Å². The van der Waals surface area contributed by atoms with Gasteiger partial charge >= 0.3 is 0 Å². The summed E-state index contributed by atoms with van der Waals surface area (Å²) in [5, 5.41) is 10.6. The van der Waals surface area contributed by atoms with Gasteiger partial charge in [0.2, 0.25) is 0 Å². The summed E-state index contributed by atoms with van der Waals surface area (Å²) in [5.74, 6) is -0.650. The van der Waals surface area contributed by atoms with Gasteiger partial charge in [-0.25, -0.2) is 0 Å². The van der Waals surface area contributed by atoms with Gasteiger partial charge in [-0.05, 0) is 12.5 Å². The molecule has 1 heterocycles. The lowest BCUT2D eigenvalue weighted by molar-refractivity contribution is 0.0357. The number of nitrogens with two attached hydrogens (primary N) is 1. The molecule has 0 bridgehead atoms. The van der Waals surface area contributed by atoms with Gasteiger partial charge in [0.05, 0.1) is 30.9 Å². The summed E-state index contributed by atoms with van der Waals surface area (Å²) in [4.78, 5) is 28.4. The summed E-state index contributed by atoms with van der Waals surface area (Å²) in [6.45, 7) is 4.56. The number of hydrogen-bond acceptors (Lipinski definition) is 7. The minimum Gasteiger partial charge on any atom is -0.507 e. The summed E-state index contributed by atoms with van der Waals surface area (Å²) in [6.07, 6.45) is 0.770. The molecule has 3 N–H and O–H groups in total. The Morgan fingerprint density at radius 1 is 1.03 bits per heavy atom. The number of hydrogen-bond donors (Lipinski definition) is 2. The van der Waals surface area contributed by atoms with E-state index in [1.165, 1.54) is 0 Å². The first-order valence-electron chi connectivity index (χ1n) is 9.82. The molecule has 1 aliphatic carbocycles. The molecule has 9 heteroatoms. The maximum atomic E-state index is 13.1. The smallest absolute Gasteiger partial charge is 0.198 e. The molecule has 0 amide bonds. The molecule has 1 saturated heterocycles. The van der Waals surface area contributed by atoms with Crippen molar-refractivity contribution < 1.29 is 24.2 Å². The number of ketones is 2. The highest BCUT2D eigenvalue weighted by molar-refractivity contribution is 6.30. The van der Waals surface area contributed by atoms with Crippen LogP contribution in [0.4, 0.5) is 0 Å². The number of benzene rings is 2. The van der Waals surface area contributed by atoms with Crippen LogP contribution in [-0.4, -0.2) is 61.0 Å². The first-order chi connectivity index (χ1) is 14.1. The number of carbonyl (C=O) groups is 2. The standard InChI is InChI=1S/C22H24N2O5.2ClH/c23-13-14-12-17(29-9-3-6-24-7-10-28-11-8-24)18-19(20(14)25)22(27)16-5-2-1-4-15(16)21(18)26;;/h1-2,4-5,12,25H,3,6-11,13,23H2;2*1H. The monoisotopic (exact) mass is 468 g/mol. The summed E-state index contributed by atoms with van der Waals surface area (Å²) in [5.41, 5.74) is 6.84. The number of morpholine rings is 1. The van der Waals surface area contributed by atoms with Crippen LogP contribution in [0, 0.1) is 0 Å². The van der Waals surface area contributed by atoms with E-state index >= 15 is 0 Å². The predicted molar refractivity (Wildman–Crippen MR) is 121 cm³/mol. The molecule has 0 aromatic heterocycles. The Kier molecular flexibility index (Phi) is 8.85. The van der Waals surface area contributed by atoms with Crippen molar-refractivity contribution in [1.82, 2.24) is 4.90 Å². The van der Waals surface area contributed by atoms with Gasteiger partial charge in [-0.15, -0.1) is 24.8 Å². The van der Waals surface area contributed by atoms with Crippen molar-refractivity contribution in [2.24, 2.45) is 5.73 Å². The quantitative estimate of drug-likeness (QED) is 0.535. The number of rotatable bonds is 6. The van der Waals surface area contributed by atoms with E-state index in [2.05, 4.69) is 4.90 Å². The first kappa shape index (κ1) is 25.1. The molecule has 2 aromatic carbocycles. The van der Waals surface area contributed by atoms with Gasteiger partial charge in [-0.3, -0.25) is 14.5 Å². The Balaban J connectivity index is 0.00000171. The second kappa shape index (κ2) is 10.9. The molecule has 1 fully saturated rings. The Bertz CT molecular complexity index is 961. The van der Waals surface area contributed by atoms with Crippen molar-refractivity contribution in [3.63, 3.8) is 0 Å². The molecule has 0 atom stereocenters. The number of aromatic hydroxyl groups is 1. The van der Waals surface area contributed by atoms with Crippen LogP contribution in [0.15, 0.2) is 30.3 Å². The fourth-order valence-electron chi connectivity index (χ4n) is 3.86. The number of carbonyl (C=O) groups excluding carboxylic acids is 2. The van der Waals surface area contributed by atoms with Crippen molar-refractivity contribution in [1.29, 1.82) is 0 Å². The highest BCUT2D eigenvalue weighted by Gasteiger charge is 2.35. The van der Waals surface area contributed by atoms with Crippen LogP contribution in [-0.2, 0) is 11.3 Å². The van der Waals surface area contributed by atoms with E-state index in [9.17, 15) is 14.7 Å². The molecule has 2 aliphatic rings. The Morgan fingerprint density at radius 3 is 2.26 bits per heavy atom. The topological polar surface area (TPSA) is 102 Å². The second-order valence-electron chi connectivity index (χ2n) is 7.20. The van der Waals surface area contributed by atoms with Gasteiger partial charge in [0.1, 0.15) is 11.5 Å². The number of phenols is 1. The van der Waals surface area contributed by atoms with Crippen LogP contribution in [0.5, 0.6) is 11.5 Å². The van der Waals surface area contributed by atoms with E-state index in [0.29, 0.717) is 23.5 Å². The third kappa shape index (κ3) is 4.86. The van der Waals surface area contributed by atoms with Crippen LogP contribution in [0.3, 0.4) is 0 Å². The highest BCUT2D eigenvalue weighted by atomic mass is 35.5. The molecule has 1 aliphatic heterocycles. The normalized spacial score (nSPS) is 15.4. The summed E-state index contributed by atoms with van der Waals surface area (Å²) in [6, 6.07) is 8.19. The molecule has 7 nitrogen and oxygen atoms in total. The molecule has 168 valence electrons. The Hall–Kier alpha value is -2.16. The van der Waals surface area contributed by atoms with Crippen molar-refractivity contribution in [3.8, 4) is 11.5 Å². The maximum absolute atomic E-state index is 13.1. The third-order valence-electron chi connectivity index (χ3n) is 5.41. The molecule has 0 unspecified atom stereocenters. The van der Waals surface area contributed by atoms with Crippen LogP contribution in [0.1, 0.15) is 43.8 Å². The van der Waals surface area contributed by atoms with E-state index in [1.54, 1.807) is 30.3 Å². The van der Waals surface area contributed by atoms with Crippen LogP contribution in [0.2, 0.25) is 0 Å². The predicted octanol–water partition coefficient (Wildman–Crippen LogP) is 2.57. The van der Waals surface area contributed by atoms with Gasteiger partial charge in [-0.2, -0.15) is 0 Å². The van der Waals surface area contributed by atoms with Crippen LogP contribution < -0.4 is 10.5 Å². The second-order valence-corrected chi connectivity index (χ2v) is 7.20. The number of ether oxygens (including phenoxy) is 2. The van der Waals surface area contributed by atoms with Gasteiger partial charge in [0, 0.05) is 42.9 Å². The zero-order valence-electron chi connectivity index (χ0n) is 17.0. The molecule has 0 spiro atoms. The lowest BCUT2D eigenvalue weighted by Gasteiger charge is -2.26. The SMILES string of the molecule is Cl.Cl.NCc1cc(OCCCN2CCOCC2)c2c(c1O)C(=O)c1ccccc1C2=O. The Labute approximate surface area is 193 Å². The minimum atomic E-state index is -0.388. The van der Waals surface area contributed by atoms with Crippen molar-refractivity contribution in [2.45, 2.75) is 13.0 Å². The first-order valence-corrected chi connectivity index (χ1v) is 9.82. The minimum absolute atomic E-state index is 0. The van der Waals surface area contributed by atoms with E-state index < -0.39 is 0 Å². The summed E-state index contributed by atoms with van der Waals surface area (Å²) < 4.78 is 11.3. The molecule has 0 radical (unpaired) electrons. The average Bonchev–Trinajstić information content (AvgIpc) is 2.76. The fourth-order valence-corrected chi connectivity index (χ4v) is 3.86. The Morgan fingerprint density at radius 2 is 1.65 bits per heavy atom. The zero-order chi connectivity index (χ0) is 20.4. The number of fused-ring (bicyclic) bond motifs is 2. The molecule has 2 aromatic rings. The molecule has 4 rings (SSSR count). The zero-order valence-corrected chi connectivity index (χ0v) is 18.6. The van der Waals surface area contributed by atoms with Crippen molar-refractivity contribution in [3.05, 3.63) is 58.1 Å². The maximum Gasteiger partial charge on any atom is 0.198 e. The largest absolute Gasteiger partial charge is 0.507 e. The molecule has 0 saturated carbocycles. The lowest BCUT2D eigenvalue weighted by Crippen LogP contribution is -2.37. The van der Waals surface area contributed by atoms with E-state index in [0.717, 1.165) is 39.3 Å². The van der Waals surface area contributed by atoms with Crippen LogP contribution in [0.25, 0.3) is 0 Å². The van der Waals surface area contributed by atoms with E-state index in [1.807, 2.05) is 0 Å². The molecular formula is C22H26Cl2N2O5. The van der Waals surface area contributed by atoms with Gasteiger partial charge in [-0.1, -0.05) is 24.3 Å². The van der Waals surface area contributed by atoms with Crippen molar-refractivity contribution >= 4 is 36.4 Å². The third-order valence-corrected chi connectivity index (χ3v) is 5.41. The van der Waals surface area contributed by atoms with Gasteiger partial charge in [0.15, 0.2) is 11.6 Å². The summed E-state index contributed by atoms with van der Waals surface area (Å²) in [7, 11) is 0. The average molecular weight is 469 g/mol. The number of phenolic OH excluding ortho intramolecular Hbond substituents is 1. The molecular weight excluding hydrogens is 443 g/mol. The van der Waals surface area contributed by atoms with E-state index in [-0.39, 0.29) is 65.4 Å². The highest BCUT2D eigenvalue weighted by Crippen LogP contribution is 2.40. The number of nitrogens with zero attached hydrogens (tertiary/aromatic N) is 1. The number of halogens is 2. The molecule has 31 heavy (non-hydrogen) atoms. The van der Waals surface area contributed by atoms with Crippen molar-refractivity contribution in [2.75, 3.05) is 39.5 Å². The lowest BCUT2D eigenvalue weighted by atomic mass is 9.82. The van der Waals surface area contributed by atoms with Gasteiger partial charge < -0.3 is 20.3 Å². The van der Waals surface area contributed by atoms with Gasteiger partial charge in [0.25, 0.3) is 0 Å². The summed E-state index contributed by atoms with van der Waals surface area (Å²) >= 11 is 0. The van der Waals surface area contributed by atoms with E-state index in [4.69, 9.17) is 15.2 Å². The fraction of sp³-hybridized carbons (Fsp3) is 0.364.